The monoisotopic (exact) mass is 890 g/mol. The molecule has 0 saturated carbocycles. The molecule has 0 N–H and O–H groups in total. The Morgan fingerprint density at radius 1 is 0.397 bits per heavy atom. The van der Waals surface area contributed by atoms with E-state index >= 15 is 0 Å². The molecule has 12 aromatic rings. The van der Waals surface area contributed by atoms with Gasteiger partial charge in [0.2, 0.25) is 5.95 Å². The summed E-state index contributed by atoms with van der Waals surface area (Å²) in [5.41, 5.74) is 17.1. The summed E-state index contributed by atoms with van der Waals surface area (Å²) >= 11 is 1.85. The summed E-state index contributed by atoms with van der Waals surface area (Å²) in [6.45, 7) is 4.25. The summed E-state index contributed by atoms with van der Waals surface area (Å²) in [6, 6.07) is 78.3. The van der Waals surface area contributed by atoms with Crippen LogP contribution in [0.3, 0.4) is 0 Å². The molecule has 0 radical (unpaired) electrons. The molecule has 0 amide bonds. The van der Waals surface area contributed by atoms with Crippen molar-refractivity contribution in [2.45, 2.75) is 26.7 Å². The second kappa shape index (κ2) is 17.5. The summed E-state index contributed by atoms with van der Waals surface area (Å²) in [7, 11) is 0. The van der Waals surface area contributed by atoms with E-state index in [1.807, 2.05) is 11.3 Å². The smallest absolute Gasteiger partial charge is 0.238 e. The predicted molar refractivity (Wildman–Crippen MR) is 286 cm³/mol. The molecule has 5 heteroatoms. The molecular formula is C63H46N4S. The molecule has 68 heavy (non-hydrogen) atoms. The quantitative estimate of drug-likeness (QED) is 0.167. The van der Waals surface area contributed by atoms with E-state index in [2.05, 4.69) is 237 Å². The van der Waals surface area contributed by atoms with Crippen LogP contribution in [0.5, 0.6) is 0 Å². The SMILES string of the molecule is CCC.c1ccc(-c2ccc(-c3nc(-c4ccc(-c5ccccc5)cc4)nc(-n4c5c(c6cccc(-c7ccc8c(c7)sc7ccccc78)c64)-c4ccccc4-c4ccccc4C5)n3)cc2)cc1. The van der Waals surface area contributed by atoms with E-state index in [4.69, 9.17) is 15.0 Å². The van der Waals surface area contributed by atoms with Crippen molar-refractivity contribution in [2.24, 2.45) is 0 Å². The van der Waals surface area contributed by atoms with E-state index in [1.54, 1.807) is 0 Å². The number of benzene rings is 9. The molecule has 0 unspecified atom stereocenters. The molecule has 0 bridgehead atoms. The standard InChI is InChI=1S/C60H38N4S.C3H8/c1-3-14-38(15-4-1)40-26-30-42(31-27-40)58-61-59(43-32-28-41(29-33-43)39-16-5-2-6-17-39)63-60(62-58)64-53-36-44-18-7-8-19-46(44)48-20-9-10-22-51(48)56(53)52-24-13-23-47(57(52)64)45-34-35-50-49-21-11-12-25-54(49)65-55(50)37-45;1-3-2/h1-35,37H,36H2;3H2,1-2H3. The lowest BCUT2D eigenvalue weighted by Crippen LogP contribution is -2.10. The van der Waals surface area contributed by atoms with Crippen LogP contribution < -0.4 is 0 Å². The van der Waals surface area contributed by atoms with Gasteiger partial charge < -0.3 is 0 Å². The number of hydrogen-bond acceptors (Lipinski definition) is 4. The van der Waals surface area contributed by atoms with E-state index in [1.165, 1.54) is 54.4 Å². The van der Waals surface area contributed by atoms with Gasteiger partial charge in [0.1, 0.15) is 0 Å². The zero-order valence-corrected chi connectivity index (χ0v) is 38.7. The lowest BCUT2D eigenvalue weighted by molar-refractivity contribution is 0.887. The summed E-state index contributed by atoms with van der Waals surface area (Å²) < 4.78 is 4.92. The Bertz CT molecular complexity index is 3690. The normalized spacial score (nSPS) is 11.7. The van der Waals surface area contributed by atoms with Gasteiger partial charge in [-0.15, -0.1) is 11.3 Å². The molecule has 0 spiro atoms. The van der Waals surface area contributed by atoms with Crippen molar-refractivity contribution >= 4 is 42.4 Å². The summed E-state index contributed by atoms with van der Waals surface area (Å²) in [4.78, 5) is 16.3. The molecule has 3 heterocycles. The summed E-state index contributed by atoms with van der Waals surface area (Å²) in [5, 5.41) is 3.74. The molecule has 0 atom stereocenters. The van der Waals surface area contributed by atoms with Crippen molar-refractivity contribution in [1.82, 2.24) is 19.5 Å². The highest BCUT2D eigenvalue weighted by atomic mass is 32.1. The maximum atomic E-state index is 5.50. The molecule has 3 aromatic heterocycles. The zero-order chi connectivity index (χ0) is 45.6. The van der Waals surface area contributed by atoms with E-state index in [9.17, 15) is 0 Å². The Morgan fingerprint density at radius 2 is 0.882 bits per heavy atom. The first kappa shape index (κ1) is 41.2. The highest BCUT2D eigenvalue weighted by Crippen LogP contribution is 2.48. The van der Waals surface area contributed by atoms with Crippen LogP contribution in [0, 0.1) is 0 Å². The first-order valence-electron chi connectivity index (χ1n) is 23.5. The van der Waals surface area contributed by atoms with Crippen LogP contribution in [0.2, 0.25) is 0 Å². The van der Waals surface area contributed by atoms with Gasteiger partial charge in [-0.25, -0.2) is 4.98 Å². The number of aromatic nitrogens is 4. The molecule has 13 rings (SSSR count). The Balaban J connectivity index is 0.00000156. The van der Waals surface area contributed by atoms with E-state index < -0.39 is 0 Å². The molecule has 9 aromatic carbocycles. The van der Waals surface area contributed by atoms with Gasteiger partial charge in [0.05, 0.1) is 5.52 Å². The molecule has 4 nitrogen and oxygen atoms in total. The first-order valence-corrected chi connectivity index (χ1v) is 24.3. The maximum absolute atomic E-state index is 5.50. The first-order chi connectivity index (χ1) is 33.6. The van der Waals surface area contributed by atoms with Crippen molar-refractivity contribution in [1.29, 1.82) is 0 Å². The average Bonchev–Trinajstić information content (AvgIpc) is 3.90. The Labute approximate surface area is 400 Å². The van der Waals surface area contributed by atoms with Crippen LogP contribution in [0.15, 0.2) is 218 Å². The lowest BCUT2D eigenvalue weighted by atomic mass is 9.93. The predicted octanol–water partition coefficient (Wildman–Crippen LogP) is 17.2. The topological polar surface area (TPSA) is 43.6 Å². The van der Waals surface area contributed by atoms with Crippen molar-refractivity contribution in [2.75, 3.05) is 0 Å². The average molecular weight is 891 g/mol. The number of fused-ring (bicyclic) bond motifs is 10. The number of para-hydroxylation sites is 1. The molecule has 0 fully saturated rings. The van der Waals surface area contributed by atoms with Gasteiger partial charge in [0.15, 0.2) is 11.6 Å². The van der Waals surface area contributed by atoms with Gasteiger partial charge in [-0.05, 0) is 62.2 Å². The van der Waals surface area contributed by atoms with Crippen molar-refractivity contribution < 1.29 is 0 Å². The Morgan fingerprint density at radius 3 is 1.54 bits per heavy atom. The summed E-state index contributed by atoms with van der Waals surface area (Å²) in [6.07, 6.45) is 1.94. The third-order valence-electron chi connectivity index (χ3n) is 13.0. The van der Waals surface area contributed by atoms with Gasteiger partial charge in [0, 0.05) is 59.9 Å². The second-order valence-corrected chi connectivity index (χ2v) is 18.5. The van der Waals surface area contributed by atoms with Crippen LogP contribution in [-0.4, -0.2) is 19.5 Å². The fourth-order valence-corrected chi connectivity index (χ4v) is 11.0. The Hall–Kier alpha value is -8.25. The van der Waals surface area contributed by atoms with E-state index in [-0.39, 0.29) is 0 Å². The largest absolute Gasteiger partial charge is 0.281 e. The van der Waals surface area contributed by atoms with E-state index in [0.717, 1.165) is 61.1 Å². The number of hydrogen-bond donors (Lipinski definition) is 0. The van der Waals surface area contributed by atoms with E-state index in [0.29, 0.717) is 24.0 Å². The Kier molecular flexibility index (Phi) is 10.6. The highest BCUT2D eigenvalue weighted by molar-refractivity contribution is 7.25. The fourth-order valence-electron chi connectivity index (χ4n) is 9.86. The highest BCUT2D eigenvalue weighted by Gasteiger charge is 2.29. The van der Waals surface area contributed by atoms with Gasteiger partial charge in [0.25, 0.3) is 0 Å². The number of rotatable bonds is 6. The van der Waals surface area contributed by atoms with Crippen LogP contribution in [0.1, 0.15) is 31.5 Å². The van der Waals surface area contributed by atoms with Crippen molar-refractivity contribution in [3.63, 3.8) is 0 Å². The van der Waals surface area contributed by atoms with Gasteiger partial charge in [-0.1, -0.05) is 227 Å². The van der Waals surface area contributed by atoms with Gasteiger partial charge in [-0.3, -0.25) is 4.57 Å². The van der Waals surface area contributed by atoms with Gasteiger partial charge in [-0.2, -0.15) is 9.97 Å². The van der Waals surface area contributed by atoms with Crippen molar-refractivity contribution in [3.8, 4) is 84.4 Å². The number of nitrogens with zero attached hydrogens (tertiary/aromatic N) is 4. The molecule has 0 aliphatic heterocycles. The molecular weight excluding hydrogens is 845 g/mol. The zero-order valence-electron chi connectivity index (χ0n) is 37.9. The minimum atomic E-state index is 0.586. The third kappa shape index (κ3) is 7.29. The third-order valence-corrected chi connectivity index (χ3v) is 14.1. The number of thiophene rings is 1. The molecule has 0 saturated heterocycles. The van der Waals surface area contributed by atoms with Crippen LogP contribution in [0.4, 0.5) is 0 Å². The second-order valence-electron chi connectivity index (χ2n) is 17.4. The fraction of sp³-hybridized carbons (Fsp3) is 0.0635. The lowest BCUT2D eigenvalue weighted by Gasteiger charge is -2.15. The molecule has 1 aliphatic rings. The maximum Gasteiger partial charge on any atom is 0.238 e. The molecule has 324 valence electrons. The minimum Gasteiger partial charge on any atom is -0.281 e. The van der Waals surface area contributed by atoms with Gasteiger partial charge >= 0.3 is 0 Å². The van der Waals surface area contributed by atoms with Crippen LogP contribution in [0.25, 0.3) is 115 Å². The molecule has 1 aliphatic carbocycles. The van der Waals surface area contributed by atoms with Crippen LogP contribution >= 0.6 is 11.3 Å². The van der Waals surface area contributed by atoms with Crippen molar-refractivity contribution in [3.05, 3.63) is 230 Å². The minimum absolute atomic E-state index is 0.586. The van der Waals surface area contributed by atoms with Crippen LogP contribution in [-0.2, 0) is 6.42 Å². The summed E-state index contributed by atoms with van der Waals surface area (Å²) in [5.74, 6) is 1.82.